The van der Waals surface area contributed by atoms with Crippen LogP contribution in [0.15, 0.2) is 29.2 Å². The molecule has 0 aromatic heterocycles. The van der Waals surface area contributed by atoms with Gasteiger partial charge in [0.15, 0.2) is 0 Å². The van der Waals surface area contributed by atoms with Gasteiger partial charge in [-0.25, -0.2) is 13.1 Å². The molecule has 1 saturated heterocycles. The molecule has 7 nitrogen and oxygen atoms in total. The van der Waals surface area contributed by atoms with Crippen molar-refractivity contribution in [2.45, 2.75) is 44.0 Å². The fourth-order valence-electron chi connectivity index (χ4n) is 3.20. The molecule has 1 aliphatic heterocycles. The average Bonchev–Trinajstić information content (AvgIpc) is 2.62. The zero-order chi connectivity index (χ0) is 19.2. The van der Waals surface area contributed by atoms with Gasteiger partial charge in [-0.2, -0.15) is 0 Å². The highest BCUT2D eigenvalue weighted by Crippen LogP contribution is 2.22. The highest BCUT2D eigenvalue weighted by Gasteiger charge is 2.28. The molecule has 1 heterocycles. The van der Waals surface area contributed by atoms with Gasteiger partial charge in [-0.1, -0.05) is 6.92 Å². The second-order valence-electron chi connectivity index (χ2n) is 6.66. The predicted octanol–water partition coefficient (Wildman–Crippen LogP) is 1.34. The van der Waals surface area contributed by atoms with E-state index in [2.05, 4.69) is 11.6 Å². The molecule has 1 aliphatic rings. The quantitative estimate of drug-likeness (QED) is 0.705. The van der Waals surface area contributed by atoms with Crippen molar-refractivity contribution in [2.24, 2.45) is 11.7 Å². The van der Waals surface area contributed by atoms with E-state index in [1.165, 1.54) is 12.1 Å². The average molecular weight is 384 g/mol. The zero-order valence-electron chi connectivity index (χ0n) is 15.5. The van der Waals surface area contributed by atoms with Crippen LogP contribution >= 0.6 is 0 Å². The topological polar surface area (TPSA) is 102 Å². The van der Waals surface area contributed by atoms with Gasteiger partial charge >= 0.3 is 0 Å². The number of nitrogens with zero attached hydrogens (tertiary/aromatic N) is 1. The summed E-state index contributed by atoms with van der Waals surface area (Å²) in [6.45, 7) is 5.74. The summed E-state index contributed by atoms with van der Waals surface area (Å²) in [5, 5.41) is 0. The number of sulfonamides is 1. The number of likely N-dealkylation sites (tertiary alicyclic amines) is 1. The van der Waals surface area contributed by atoms with Gasteiger partial charge in [-0.05, 0) is 49.9 Å². The van der Waals surface area contributed by atoms with Gasteiger partial charge in [0, 0.05) is 32.1 Å². The summed E-state index contributed by atoms with van der Waals surface area (Å²) < 4.78 is 32.4. The minimum Gasteiger partial charge on any atom is -0.494 e. The van der Waals surface area contributed by atoms with Crippen molar-refractivity contribution >= 4 is 15.9 Å². The maximum Gasteiger partial charge on any atom is 0.240 e. The lowest BCUT2D eigenvalue weighted by Gasteiger charge is -2.38. The van der Waals surface area contributed by atoms with Crippen LogP contribution in [0, 0.1) is 5.92 Å². The van der Waals surface area contributed by atoms with Crippen molar-refractivity contribution in [1.29, 1.82) is 0 Å². The molecule has 0 saturated carbocycles. The molecule has 0 spiro atoms. The summed E-state index contributed by atoms with van der Waals surface area (Å²) in [6.07, 6.45) is 1.99. The lowest BCUT2D eigenvalue weighted by molar-refractivity contribution is -0.135. The molecule has 2 rings (SSSR count). The molecule has 1 aromatic carbocycles. The van der Waals surface area contributed by atoms with E-state index in [0.29, 0.717) is 31.4 Å². The molecule has 2 unspecified atom stereocenters. The lowest BCUT2D eigenvalue weighted by atomic mass is 9.92. The van der Waals surface area contributed by atoms with Crippen LogP contribution in [-0.4, -0.2) is 51.5 Å². The van der Waals surface area contributed by atoms with Gasteiger partial charge in [0.05, 0.1) is 11.5 Å². The van der Waals surface area contributed by atoms with Crippen molar-refractivity contribution in [3.8, 4) is 5.75 Å². The Morgan fingerprint density at radius 1 is 1.35 bits per heavy atom. The Morgan fingerprint density at radius 2 is 2.04 bits per heavy atom. The van der Waals surface area contributed by atoms with E-state index in [-0.39, 0.29) is 29.8 Å². The molecule has 8 heteroatoms. The van der Waals surface area contributed by atoms with Crippen LogP contribution < -0.4 is 15.2 Å². The molecular formula is C18H29N3O4S. The first-order chi connectivity index (χ1) is 12.4. The molecule has 26 heavy (non-hydrogen) atoms. The Balaban J connectivity index is 1.88. The monoisotopic (exact) mass is 383 g/mol. The van der Waals surface area contributed by atoms with Gasteiger partial charge in [-0.3, -0.25) is 4.79 Å². The molecule has 0 bridgehead atoms. The van der Waals surface area contributed by atoms with Gasteiger partial charge < -0.3 is 15.4 Å². The van der Waals surface area contributed by atoms with Gasteiger partial charge in [0.1, 0.15) is 5.75 Å². The Kier molecular flexibility index (Phi) is 7.43. The van der Waals surface area contributed by atoms with Crippen molar-refractivity contribution in [2.75, 3.05) is 26.2 Å². The van der Waals surface area contributed by atoms with E-state index in [1.807, 2.05) is 6.92 Å². The Labute approximate surface area is 155 Å². The number of benzene rings is 1. The molecule has 0 radical (unpaired) electrons. The highest BCUT2D eigenvalue weighted by atomic mass is 32.2. The number of ether oxygens (including phenoxy) is 1. The Hall–Kier alpha value is -1.64. The SMILES string of the molecule is CCOc1ccc(S(=O)(=O)NCCC(=O)N2CCC(C)CC2CN)cc1. The van der Waals surface area contributed by atoms with E-state index < -0.39 is 10.0 Å². The van der Waals surface area contributed by atoms with Crippen molar-refractivity contribution < 1.29 is 17.9 Å². The second-order valence-corrected chi connectivity index (χ2v) is 8.43. The van der Waals surface area contributed by atoms with Crippen molar-refractivity contribution in [3.05, 3.63) is 24.3 Å². The molecule has 1 amide bonds. The third-order valence-electron chi connectivity index (χ3n) is 4.65. The van der Waals surface area contributed by atoms with E-state index in [1.54, 1.807) is 17.0 Å². The Bertz CT molecular complexity index is 691. The van der Waals surface area contributed by atoms with Gasteiger partial charge in [0.25, 0.3) is 0 Å². The maximum absolute atomic E-state index is 12.4. The number of piperidine rings is 1. The maximum atomic E-state index is 12.4. The molecule has 1 aromatic rings. The van der Waals surface area contributed by atoms with Crippen LogP contribution in [0.25, 0.3) is 0 Å². The van der Waals surface area contributed by atoms with Gasteiger partial charge in [0.2, 0.25) is 15.9 Å². The second kappa shape index (κ2) is 9.34. The van der Waals surface area contributed by atoms with E-state index >= 15 is 0 Å². The standard InChI is InChI=1S/C18H29N3O4S/c1-3-25-16-4-6-17(7-5-16)26(23,24)20-10-8-18(22)21-11-9-14(2)12-15(21)13-19/h4-7,14-15,20H,3,8-13,19H2,1-2H3. The summed E-state index contributed by atoms with van der Waals surface area (Å²) in [5.41, 5.74) is 5.79. The number of amides is 1. The summed E-state index contributed by atoms with van der Waals surface area (Å²) in [5.74, 6) is 1.13. The van der Waals surface area contributed by atoms with Crippen molar-refractivity contribution in [3.63, 3.8) is 0 Å². The molecular weight excluding hydrogens is 354 g/mol. The highest BCUT2D eigenvalue weighted by molar-refractivity contribution is 7.89. The minimum atomic E-state index is -3.65. The molecule has 0 aliphatic carbocycles. The van der Waals surface area contributed by atoms with Crippen LogP contribution in [-0.2, 0) is 14.8 Å². The summed E-state index contributed by atoms with van der Waals surface area (Å²) in [7, 11) is -3.65. The van der Waals surface area contributed by atoms with E-state index in [0.717, 1.165) is 12.8 Å². The fourth-order valence-corrected chi connectivity index (χ4v) is 4.24. The van der Waals surface area contributed by atoms with E-state index in [4.69, 9.17) is 10.5 Å². The number of hydrogen-bond donors (Lipinski definition) is 2. The lowest BCUT2D eigenvalue weighted by Crippen LogP contribution is -2.49. The number of rotatable bonds is 8. The van der Waals surface area contributed by atoms with Crippen LogP contribution in [0.2, 0.25) is 0 Å². The third kappa shape index (κ3) is 5.43. The van der Waals surface area contributed by atoms with Gasteiger partial charge in [-0.15, -0.1) is 0 Å². The molecule has 146 valence electrons. The largest absolute Gasteiger partial charge is 0.494 e. The number of nitrogens with two attached hydrogens (primary N) is 1. The number of carbonyl (C=O) groups is 1. The third-order valence-corrected chi connectivity index (χ3v) is 6.12. The number of carbonyl (C=O) groups excluding carboxylic acids is 1. The van der Waals surface area contributed by atoms with E-state index in [9.17, 15) is 13.2 Å². The first kappa shape index (κ1) is 20.7. The first-order valence-electron chi connectivity index (χ1n) is 9.09. The summed E-state index contributed by atoms with van der Waals surface area (Å²) in [4.78, 5) is 14.4. The predicted molar refractivity (Wildman–Crippen MR) is 100 cm³/mol. The normalized spacial score (nSPS) is 20.8. The number of nitrogens with one attached hydrogen (secondary N) is 1. The smallest absolute Gasteiger partial charge is 0.240 e. The number of hydrogen-bond acceptors (Lipinski definition) is 5. The summed E-state index contributed by atoms with van der Waals surface area (Å²) >= 11 is 0. The zero-order valence-corrected chi connectivity index (χ0v) is 16.3. The van der Waals surface area contributed by atoms with Crippen LogP contribution in [0.1, 0.15) is 33.1 Å². The fraction of sp³-hybridized carbons (Fsp3) is 0.611. The summed E-state index contributed by atoms with van der Waals surface area (Å²) in [6, 6.07) is 6.26. The molecule has 1 fully saturated rings. The molecule has 2 atom stereocenters. The van der Waals surface area contributed by atoms with Crippen molar-refractivity contribution in [1.82, 2.24) is 9.62 Å². The minimum absolute atomic E-state index is 0.0500. The first-order valence-corrected chi connectivity index (χ1v) is 10.6. The van der Waals surface area contributed by atoms with Crippen LogP contribution in [0.4, 0.5) is 0 Å². The molecule has 3 N–H and O–H groups in total. The van der Waals surface area contributed by atoms with Crippen LogP contribution in [0.5, 0.6) is 5.75 Å². The Morgan fingerprint density at radius 3 is 2.65 bits per heavy atom. The van der Waals surface area contributed by atoms with Crippen LogP contribution in [0.3, 0.4) is 0 Å².